The minimum absolute atomic E-state index is 0.782. The molecule has 3 heterocycles. The van der Waals surface area contributed by atoms with Crippen molar-refractivity contribution in [2.45, 2.75) is 13.3 Å². The van der Waals surface area contributed by atoms with Gasteiger partial charge in [0.15, 0.2) is 0 Å². The smallest absolute Gasteiger partial charge is 0.0110 e. The van der Waals surface area contributed by atoms with Crippen LogP contribution in [0.5, 0.6) is 0 Å². The number of nitrogens with zero attached hydrogens (tertiary/aromatic N) is 4. The molecule has 1 unspecified atom stereocenters. The second kappa shape index (κ2) is 7.58. The van der Waals surface area contributed by atoms with E-state index in [4.69, 9.17) is 0 Å². The Balaban J connectivity index is 1.88. The van der Waals surface area contributed by atoms with Crippen LogP contribution in [0, 0.1) is 5.92 Å². The third-order valence-electron chi connectivity index (χ3n) is 4.54. The van der Waals surface area contributed by atoms with Crippen LogP contribution < -0.4 is 0 Å². The zero-order chi connectivity index (χ0) is 13.7. The fraction of sp³-hybridized carbons (Fsp3) is 1.00. The largest absolute Gasteiger partial charge is 0.305 e. The lowest BCUT2D eigenvalue weighted by molar-refractivity contribution is 0.104. The van der Waals surface area contributed by atoms with Crippen molar-refractivity contribution in [3.63, 3.8) is 0 Å². The van der Waals surface area contributed by atoms with Crippen molar-refractivity contribution >= 4 is 0 Å². The van der Waals surface area contributed by atoms with Crippen molar-refractivity contribution in [3.05, 3.63) is 0 Å². The Morgan fingerprint density at radius 3 is 2.00 bits per heavy atom. The Labute approximate surface area is 119 Å². The van der Waals surface area contributed by atoms with Gasteiger partial charge >= 0.3 is 0 Å². The van der Waals surface area contributed by atoms with Gasteiger partial charge in [0, 0.05) is 52.4 Å². The summed E-state index contributed by atoms with van der Waals surface area (Å²) >= 11 is 0. The molecule has 0 aromatic heterocycles. The van der Waals surface area contributed by atoms with Gasteiger partial charge in [0.1, 0.15) is 0 Å². The number of hydrogen-bond donors (Lipinski definition) is 0. The quantitative estimate of drug-likeness (QED) is 0.634. The van der Waals surface area contributed by atoms with Crippen LogP contribution in [-0.2, 0) is 0 Å². The Kier molecular flexibility index (Phi) is 6.07. The first-order chi connectivity index (χ1) is 9.13. The minimum Gasteiger partial charge on any atom is -0.305 e. The lowest BCUT2D eigenvalue weighted by Gasteiger charge is -2.37. The average Bonchev–Trinajstić information content (AvgIpc) is 2.37. The molecule has 2 bridgehead atoms. The van der Waals surface area contributed by atoms with Gasteiger partial charge in [0.2, 0.25) is 0 Å². The minimum atomic E-state index is 0.782. The summed E-state index contributed by atoms with van der Waals surface area (Å²) in [4.78, 5) is 10.3. The molecule has 1 atom stereocenters. The van der Waals surface area contributed by atoms with Crippen LogP contribution in [0.25, 0.3) is 0 Å². The van der Waals surface area contributed by atoms with E-state index in [0.29, 0.717) is 0 Å². The molecule has 3 saturated heterocycles. The summed E-state index contributed by atoms with van der Waals surface area (Å²) in [5.41, 5.74) is 0. The van der Waals surface area contributed by atoms with E-state index in [2.05, 4.69) is 40.6 Å². The lowest BCUT2D eigenvalue weighted by Crippen LogP contribution is -2.49. The molecule has 0 N–H and O–H groups in total. The van der Waals surface area contributed by atoms with E-state index in [-0.39, 0.29) is 0 Å². The maximum absolute atomic E-state index is 2.66. The second-order valence-corrected chi connectivity index (χ2v) is 6.67. The van der Waals surface area contributed by atoms with Gasteiger partial charge in [-0.2, -0.15) is 0 Å². The van der Waals surface area contributed by atoms with E-state index in [1.807, 2.05) is 0 Å². The molecule has 3 rings (SSSR count). The highest BCUT2D eigenvalue weighted by atomic mass is 15.3. The van der Waals surface area contributed by atoms with Gasteiger partial charge < -0.3 is 19.6 Å². The first kappa shape index (κ1) is 15.2. The summed E-state index contributed by atoms with van der Waals surface area (Å²) in [5, 5.41) is 0. The molecule has 0 saturated carbocycles. The predicted molar refractivity (Wildman–Crippen MR) is 81.7 cm³/mol. The number of hydrogen-bond acceptors (Lipinski definition) is 4. The molecule has 4 nitrogen and oxygen atoms in total. The van der Waals surface area contributed by atoms with Crippen molar-refractivity contribution in [3.8, 4) is 0 Å². The summed E-state index contributed by atoms with van der Waals surface area (Å²) in [6, 6.07) is 0. The Bertz CT molecular complexity index is 251. The number of piperazine rings is 1. The summed E-state index contributed by atoms with van der Waals surface area (Å²) in [6.07, 6.45) is 1.32. The Hall–Kier alpha value is -0.160. The van der Waals surface area contributed by atoms with Crippen molar-refractivity contribution in [2.24, 2.45) is 5.92 Å². The van der Waals surface area contributed by atoms with Crippen molar-refractivity contribution < 1.29 is 0 Å². The van der Waals surface area contributed by atoms with Crippen molar-refractivity contribution in [2.75, 3.05) is 79.5 Å². The monoisotopic (exact) mass is 268 g/mol. The lowest BCUT2D eigenvalue weighted by atomic mass is 10.1. The summed E-state index contributed by atoms with van der Waals surface area (Å²) in [6.45, 7) is 14.9. The van der Waals surface area contributed by atoms with E-state index < -0.39 is 0 Å². The number of fused-ring (bicyclic) bond motifs is 11. The Morgan fingerprint density at radius 2 is 1.26 bits per heavy atom. The standard InChI is InChI=1S/C15H32N4/c1-15-13-17(3)8-7-16(2)5-4-6-18-9-11-19(14-15)12-10-18/h15H,4-14H2,1-3H3. The maximum atomic E-state index is 2.66. The molecular weight excluding hydrogens is 236 g/mol. The van der Waals surface area contributed by atoms with Crippen LogP contribution in [0.2, 0.25) is 0 Å². The Morgan fingerprint density at radius 1 is 0.632 bits per heavy atom. The second-order valence-electron chi connectivity index (χ2n) is 6.67. The van der Waals surface area contributed by atoms with Crippen molar-refractivity contribution in [1.29, 1.82) is 0 Å². The fourth-order valence-electron chi connectivity index (χ4n) is 3.33. The van der Waals surface area contributed by atoms with Gasteiger partial charge in [-0.05, 0) is 39.5 Å². The predicted octanol–water partition coefficient (Wildman–Crippen LogP) is 0.507. The van der Waals surface area contributed by atoms with Crippen LogP contribution in [0.1, 0.15) is 13.3 Å². The van der Waals surface area contributed by atoms with Gasteiger partial charge in [-0.15, -0.1) is 0 Å². The first-order valence-electron chi connectivity index (χ1n) is 7.95. The van der Waals surface area contributed by atoms with E-state index in [1.54, 1.807) is 0 Å². The molecule has 0 spiro atoms. The average molecular weight is 268 g/mol. The van der Waals surface area contributed by atoms with Crippen LogP contribution in [0.15, 0.2) is 0 Å². The SMILES string of the molecule is CC1CN(C)CCN(C)CCCN2CCN(CC2)C1. The van der Waals surface area contributed by atoms with Gasteiger partial charge in [0.05, 0.1) is 0 Å². The summed E-state index contributed by atoms with van der Waals surface area (Å²) in [7, 11) is 4.54. The number of likely N-dealkylation sites (N-methyl/N-ethyl adjacent to an activating group) is 2. The molecule has 4 heteroatoms. The maximum Gasteiger partial charge on any atom is 0.0110 e. The molecule has 112 valence electrons. The number of rotatable bonds is 0. The fourth-order valence-corrected chi connectivity index (χ4v) is 3.33. The topological polar surface area (TPSA) is 13.0 Å². The molecule has 0 aromatic carbocycles. The molecule has 0 amide bonds. The molecule has 0 aliphatic carbocycles. The molecule has 3 aliphatic heterocycles. The van der Waals surface area contributed by atoms with Crippen LogP contribution in [0.4, 0.5) is 0 Å². The van der Waals surface area contributed by atoms with Gasteiger partial charge in [-0.1, -0.05) is 6.92 Å². The van der Waals surface area contributed by atoms with E-state index in [0.717, 1.165) is 5.92 Å². The molecule has 3 fully saturated rings. The third kappa shape index (κ3) is 5.38. The molecular formula is C15H32N4. The van der Waals surface area contributed by atoms with Crippen LogP contribution in [-0.4, -0.2) is 99.1 Å². The van der Waals surface area contributed by atoms with Crippen molar-refractivity contribution in [1.82, 2.24) is 19.6 Å². The van der Waals surface area contributed by atoms with Crippen LogP contribution >= 0.6 is 0 Å². The summed E-state index contributed by atoms with van der Waals surface area (Å²) in [5.74, 6) is 0.782. The zero-order valence-corrected chi connectivity index (χ0v) is 13.1. The molecule has 3 aliphatic rings. The first-order valence-corrected chi connectivity index (χ1v) is 7.95. The highest BCUT2D eigenvalue weighted by Gasteiger charge is 2.19. The van der Waals surface area contributed by atoms with E-state index in [1.165, 1.54) is 71.9 Å². The third-order valence-corrected chi connectivity index (χ3v) is 4.54. The van der Waals surface area contributed by atoms with Gasteiger partial charge in [-0.25, -0.2) is 0 Å². The highest BCUT2D eigenvalue weighted by Crippen LogP contribution is 2.08. The highest BCUT2D eigenvalue weighted by molar-refractivity contribution is 4.75. The van der Waals surface area contributed by atoms with E-state index >= 15 is 0 Å². The van der Waals surface area contributed by atoms with Crippen LogP contribution in [0.3, 0.4) is 0 Å². The zero-order valence-electron chi connectivity index (χ0n) is 13.1. The molecule has 19 heavy (non-hydrogen) atoms. The summed E-state index contributed by atoms with van der Waals surface area (Å²) < 4.78 is 0. The van der Waals surface area contributed by atoms with Gasteiger partial charge in [0.25, 0.3) is 0 Å². The normalized spacial score (nSPS) is 37.1. The van der Waals surface area contributed by atoms with Gasteiger partial charge in [-0.3, -0.25) is 0 Å². The van der Waals surface area contributed by atoms with E-state index in [9.17, 15) is 0 Å². The molecule has 0 radical (unpaired) electrons. The molecule has 0 aromatic rings.